The van der Waals surface area contributed by atoms with Crippen LogP contribution in [-0.2, 0) is 0 Å². The van der Waals surface area contributed by atoms with E-state index in [-0.39, 0.29) is 31.0 Å². The zero-order chi connectivity index (χ0) is 6.10. The van der Waals surface area contributed by atoms with Gasteiger partial charge in [0.05, 0.1) is 0 Å². The summed E-state index contributed by atoms with van der Waals surface area (Å²) in [5.74, 6) is 0. The predicted molar refractivity (Wildman–Crippen MR) is 31.9 cm³/mol. The van der Waals surface area contributed by atoms with Gasteiger partial charge in [0.15, 0.2) is 5.65 Å². The second-order valence-corrected chi connectivity index (χ2v) is 1.68. The monoisotopic (exact) mass is 144 g/mol. The van der Waals surface area contributed by atoms with Crippen LogP contribution < -0.4 is 29.6 Å². The van der Waals surface area contributed by atoms with Gasteiger partial charge in [0, 0.05) is 6.20 Å². The van der Waals surface area contributed by atoms with Gasteiger partial charge in [0.25, 0.3) is 0 Å². The molecular weight excluding hydrogens is 139 g/mol. The molecule has 0 spiro atoms. The molecule has 2 aromatic heterocycles. The third kappa shape index (κ3) is 1.18. The number of nitrogens with zero attached hydrogens (tertiary/aromatic N) is 4. The fraction of sp³-hybridized carbons (Fsp3) is 0. The molecule has 0 aromatic carbocycles. The van der Waals surface area contributed by atoms with Gasteiger partial charge in [-0.2, -0.15) is 0 Å². The molecule has 5 heteroatoms. The quantitative estimate of drug-likeness (QED) is 0.376. The van der Waals surface area contributed by atoms with E-state index in [2.05, 4.69) is 15.5 Å². The third-order valence-electron chi connectivity index (χ3n) is 1.10. The summed E-state index contributed by atoms with van der Waals surface area (Å²) in [7, 11) is 0. The van der Waals surface area contributed by atoms with Gasteiger partial charge in [-0.25, -0.2) is 4.52 Å². The zero-order valence-corrected chi connectivity index (χ0v) is 7.60. The van der Waals surface area contributed by atoms with Crippen LogP contribution in [0.3, 0.4) is 0 Å². The maximum atomic E-state index is 3.72. The smallest absolute Gasteiger partial charge is 1.00 e. The third-order valence-corrected chi connectivity index (χ3v) is 1.10. The van der Waals surface area contributed by atoms with Crippen LogP contribution in [0.4, 0.5) is 0 Å². The molecule has 0 unspecified atom stereocenters. The van der Waals surface area contributed by atoms with Crippen LogP contribution in [0.25, 0.3) is 5.65 Å². The van der Waals surface area contributed by atoms with Gasteiger partial charge in [0.1, 0.15) is 0 Å². The van der Waals surface area contributed by atoms with E-state index in [0.29, 0.717) is 0 Å². The van der Waals surface area contributed by atoms with Crippen molar-refractivity contribution < 1.29 is 31.0 Å². The first-order valence-electron chi connectivity index (χ1n) is 2.59. The van der Waals surface area contributed by atoms with Crippen molar-refractivity contribution in [2.45, 2.75) is 0 Å². The minimum atomic E-state index is 0. The number of pyridine rings is 1. The minimum absolute atomic E-state index is 0. The summed E-state index contributed by atoms with van der Waals surface area (Å²) in [5, 5.41) is 10.9. The van der Waals surface area contributed by atoms with E-state index < -0.39 is 0 Å². The van der Waals surface area contributed by atoms with E-state index in [9.17, 15) is 0 Å². The van der Waals surface area contributed by atoms with Crippen molar-refractivity contribution in [3.8, 4) is 0 Å². The average Bonchev–Trinajstić information content (AvgIpc) is 2.33. The van der Waals surface area contributed by atoms with Crippen molar-refractivity contribution in [3.63, 3.8) is 0 Å². The van der Waals surface area contributed by atoms with E-state index >= 15 is 0 Å². The number of aromatic nitrogens is 4. The first-order valence-corrected chi connectivity index (χ1v) is 2.59. The SMILES string of the molecule is [H-].[Na+].c1ccn2nnnc2c1. The van der Waals surface area contributed by atoms with Gasteiger partial charge in [-0.05, 0) is 22.6 Å². The Morgan fingerprint density at radius 1 is 1.40 bits per heavy atom. The molecular formula is C5H5N4Na. The number of hydrogen-bond donors (Lipinski definition) is 0. The molecule has 2 rings (SSSR count). The van der Waals surface area contributed by atoms with E-state index in [1.165, 1.54) is 0 Å². The van der Waals surface area contributed by atoms with Gasteiger partial charge in [-0.3, -0.25) is 0 Å². The Labute approximate surface area is 81.0 Å². The normalized spacial score (nSPS) is 9.20. The summed E-state index contributed by atoms with van der Waals surface area (Å²) in [5.41, 5.74) is 0.775. The Kier molecular flexibility index (Phi) is 2.37. The van der Waals surface area contributed by atoms with Crippen molar-refractivity contribution in [2.24, 2.45) is 0 Å². The fourth-order valence-electron chi connectivity index (χ4n) is 0.689. The number of rotatable bonds is 0. The van der Waals surface area contributed by atoms with Gasteiger partial charge in [0.2, 0.25) is 0 Å². The van der Waals surface area contributed by atoms with Crippen molar-refractivity contribution in [2.75, 3.05) is 0 Å². The molecule has 0 atom stereocenters. The zero-order valence-electron chi connectivity index (χ0n) is 6.60. The standard InChI is InChI=1S/C5H4N4.Na.H/c1-2-4-9-5(3-1)6-7-8-9;;/h1-4H;;/q;+1;-1. The van der Waals surface area contributed by atoms with Crippen LogP contribution in [0.1, 0.15) is 1.43 Å². The van der Waals surface area contributed by atoms with Gasteiger partial charge in [-0.1, -0.05) is 6.07 Å². The fourth-order valence-corrected chi connectivity index (χ4v) is 0.689. The topological polar surface area (TPSA) is 43.1 Å². The van der Waals surface area contributed by atoms with Crippen LogP contribution >= 0.6 is 0 Å². The van der Waals surface area contributed by atoms with Crippen LogP contribution in [0.2, 0.25) is 0 Å². The van der Waals surface area contributed by atoms with Gasteiger partial charge < -0.3 is 1.43 Å². The Balaban J connectivity index is 0.000000500. The van der Waals surface area contributed by atoms with E-state index in [4.69, 9.17) is 0 Å². The number of hydrogen-bond acceptors (Lipinski definition) is 3. The largest absolute Gasteiger partial charge is 1.00 e. The Bertz CT molecular complexity index is 292. The average molecular weight is 144 g/mol. The molecule has 0 amide bonds. The summed E-state index contributed by atoms with van der Waals surface area (Å²) >= 11 is 0. The molecule has 10 heavy (non-hydrogen) atoms. The molecule has 2 heterocycles. The van der Waals surface area contributed by atoms with Gasteiger partial charge >= 0.3 is 29.6 Å². The van der Waals surface area contributed by atoms with E-state index in [1.807, 2.05) is 18.2 Å². The first-order chi connectivity index (χ1) is 4.47. The predicted octanol–water partition coefficient (Wildman–Crippen LogP) is -2.76. The van der Waals surface area contributed by atoms with Crippen LogP contribution in [-0.4, -0.2) is 20.0 Å². The molecule has 46 valence electrons. The van der Waals surface area contributed by atoms with Crippen molar-refractivity contribution in [1.29, 1.82) is 0 Å². The van der Waals surface area contributed by atoms with Crippen molar-refractivity contribution in [3.05, 3.63) is 24.4 Å². The van der Waals surface area contributed by atoms with Crippen LogP contribution in [0.5, 0.6) is 0 Å². The Morgan fingerprint density at radius 3 is 3.10 bits per heavy atom. The first kappa shape index (κ1) is 7.65. The summed E-state index contributed by atoms with van der Waals surface area (Å²) in [4.78, 5) is 0. The molecule has 0 radical (unpaired) electrons. The summed E-state index contributed by atoms with van der Waals surface area (Å²) in [6, 6.07) is 5.62. The molecule has 0 fully saturated rings. The molecule has 2 aromatic rings. The second kappa shape index (κ2) is 3.09. The summed E-state index contributed by atoms with van der Waals surface area (Å²) in [6.45, 7) is 0. The molecule has 0 saturated carbocycles. The Morgan fingerprint density at radius 2 is 2.30 bits per heavy atom. The molecule has 0 saturated heterocycles. The number of tetrazole rings is 1. The maximum Gasteiger partial charge on any atom is 1.00 e. The van der Waals surface area contributed by atoms with Gasteiger partial charge in [-0.15, -0.1) is 5.10 Å². The molecule has 0 N–H and O–H groups in total. The number of fused-ring (bicyclic) bond motifs is 1. The van der Waals surface area contributed by atoms with E-state index in [0.717, 1.165) is 5.65 Å². The Hall–Kier alpha value is -0.450. The maximum absolute atomic E-state index is 3.72. The second-order valence-electron chi connectivity index (χ2n) is 1.68. The molecule has 0 aliphatic rings. The molecule has 4 nitrogen and oxygen atoms in total. The molecule has 0 aliphatic heterocycles. The summed E-state index contributed by atoms with van der Waals surface area (Å²) in [6.07, 6.45) is 1.80. The molecule has 0 bridgehead atoms. The summed E-state index contributed by atoms with van der Waals surface area (Å²) < 4.78 is 1.61. The van der Waals surface area contributed by atoms with Crippen molar-refractivity contribution in [1.82, 2.24) is 20.0 Å². The molecule has 0 aliphatic carbocycles. The van der Waals surface area contributed by atoms with E-state index in [1.54, 1.807) is 10.7 Å². The van der Waals surface area contributed by atoms with Crippen LogP contribution in [0, 0.1) is 0 Å². The van der Waals surface area contributed by atoms with Crippen molar-refractivity contribution >= 4 is 5.65 Å². The minimum Gasteiger partial charge on any atom is -1.00 e. The van der Waals surface area contributed by atoms with Crippen LogP contribution in [0.15, 0.2) is 24.4 Å².